The fraction of sp³-hybridized carbons (Fsp3) is 0.478. The maximum atomic E-state index is 14.2. The van der Waals surface area contributed by atoms with Gasteiger partial charge in [-0.3, -0.25) is 43.3 Å². The predicted octanol–water partition coefficient (Wildman–Crippen LogP) is 2.46. The molecule has 1 unspecified atom stereocenters. The summed E-state index contributed by atoms with van der Waals surface area (Å²) in [7, 11) is -9.54. The highest BCUT2D eigenvalue weighted by molar-refractivity contribution is 7.91. The summed E-state index contributed by atoms with van der Waals surface area (Å²) >= 11 is 6.04. The minimum absolute atomic E-state index is 0.00365. The standard InChI is InChI=1S/C46H60ClN9O12S2/c1-6-28(5)39(54-43(61)35(20-27(3)4)52-44(62)37-25-48-18-19-49-37)45(63)53-36(21-29-14-10-8-11-15-29)42(60)51-34(7-2)40(58)46(64)50-26-38(57)55-69(65,66)32-22-31(47)23-33(24-32)70(67,68)56-41(59)30-16-12-9-13-17-30/h9,12-13,16-19,22-25,27-29,34-36,39H,6-8,10-11,14-15,20-21,26H2,1-5H3,(H,50,64)(H,51,60)(H,52,62)(H,53,63)(H,54,61)(H,55,57)(H,56,59)/t28-,34-,35-,36-,39?/m0/s1. The molecule has 1 heterocycles. The summed E-state index contributed by atoms with van der Waals surface area (Å²) in [4.78, 5) is 113. The quantitative estimate of drug-likeness (QED) is 0.0635. The predicted molar refractivity (Wildman–Crippen MR) is 255 cm³/mol. The van der Waals surface area contributed by atoms with Crippen LogP contribution in [0.5, 0.6) is 0 Å². The van der Waals surface area contributed by atoms with E-state index >= 15 is 0 Å². The molecule has 7 N–H and O–H groups in total. The van der Waals surface area contributed by atoms with Crippen molar-refractivity contribution in [3.63, 3.8) is 0 Å². The number of rotatable bonds is 24. The third kappa shape index (κ3) is 16.7. The van der Waals surface area contributed by atoms with E-state index in [1.165, 1.54) is 49.8 Å². The van der Waals surface area contributed by atoms with Crippen molar-refractivity contribution in [2.24, 2.45) is 17.8 Å². The fourth-order valence-corrected chi connectivity index (χ4v) is 10.0. The second kappa shape index (κ2) is 26.0. The molecule has 1 aliphatic rings. The van der Waals surface area contributed by atoms with Gasteiger partial charge in [0.1, 0.15) is 23.8 Å². The second-order valence-electron chi connectivity index (χ2n) is 17.4. The Morgan fingerprint density at radius 2 is 1.31 bits per heavy atom. The molecule has 0 spiro atoms. The Hall–Kier alpha value is -6.33. The van der Waals surface area contributed by atoms with Crippen LogP contribution < -0.4 is 36.0 Å². The molecule has 0 radical (unpaired) electrons. The Kier molecular flexibility index (Phi) is 20.9. The first-order chi connectivity index (χ1) is 33.0. The molecule has 24 heteroatoms. The van der Waals surface area contributed by atoms with Crippen molar-refractivity contribution in [3.8, 4) is 0 Å². The number of carbonyl (C=O) groups is 8. The number of carbonyl (C=O) groups excluding carboxylic acids is 8. The zero-order chi connectivity index (χ0) is 51.8. The summed E-state index contributed by atoms with van der Waals surface area (Å²) in [6.45, 7) is 7.73. The van der Waals surface area contributed by atoms with Gasteiger partial charge in [0.2, 0.25) is 23.5 Å². The molecule has 2 aromatic carbocycles. The minimum Gasteiger partial charge on any atom is -0.344 e. The topological polar surface area (TPSA) is 315 Å². The monoisotopic (exact) mass is 1030 g/mol. The first kappa shape index (κ1) is 56.3. The van der Waals surface area contributed by atoms with E-state index in [1.54, 1.807) is 17.7 Å². The minimum atomic E-state index is -4.86. The van der Waals surface area contributed by atoms with Crippen molar-refractivity contribution in [1.82, 2.24) is 46.0 Å². The van der Waals surface area contributed by atoms with Gasteiger partial charge in [-0.1, -0.05) is 103 Å². The summed E-state index contributed by atoms with van der Waals surface area (Å²) < 4.78 is 55.9. The van der Waals surface area contributed by atoms with Crippen LogP contribution in [0.25, 0.3) is 0 Å². The molecule has 1 fully saturated rings. The van der Waals surface area contributed by atoms with E-state index in [1.807, 2.05) is 30.8 Å². The molecule has 0 bridgehead atoms. The molecule has 7 amide bonds. The number of hydrogen-bond donors (Lipinski definition) is 7. The zero-order valence-electron chi connectivity index (χ0n) is 39.5. The van der Waals surface area contributed by atoms with Crippen molar-refractivity contribution >= 4 is 78.8 Å². The van der Waals surface area contributed by atoms with Crippen molar-refractivity contribution in [2.45, 2.75) is 126 Å². The number of nitrogens with zero attached hydrogens (tertiary/aromatic N) is 2. The van der Waals surface area contributed by atoms with Gasteiger partial charge < -0.3 is 26.6 Å². The van der Waals surface area contributed by atoms with Crippen LogP contribution in [-0.4, -0.2) is 105 Å². The van der Waals surface area contributed by atoms with Crippen LogP contribution in [0.2, 0.25) is 5.02 Å². The van der Waals surface area contributed by atoms with E-state index in [-0.39, 0.29) is 47.4 Å². The molecule has 0 saturated heterocycles. The highest BCUT2D eigenvalue weighted by Crippen LogP contribution is 2.28. The number of amides is 7. The molecule has 70 heavy (non-hydrogen) atoms. The number of sulfonamides is 2. The van der Waals surface area contributed by atoms with Gasteiger partial charge in [-0.15, -0.1) is 0 Å². The number of aromatic nitrogens is 2. The van der Waals surface area contributed by atoms with Gasteiger partial charge in [-0.25, -0.2) is 31.3 Å². The third-order valence-corrected chi connectivity index (χ3v) is 14.4. The number of hydrogen-bond acceptors (Lipinski definition) is 14. The van der Waals surface area contributed by atoms with Gasteiger partial charge in [0.25, 0.3) is 43.7 Å². The van der Waals surface area contributed by atoms with E-state index in [0.29, 0.717) is 12.5 Å². The number of halogens is 1. The molecule has 1 aliphatic carbocycles. The van der Waals surface area contributed by atoms with Crippen LogP contribution in [-0.2, 0) is 48.8 Å². The van der Waals surface area contributed by atoms with Gasteiger partial charge in [0.15, 0.2) is 0 Å². The average molecular weight is 1030 g/mol. The highest BCUT2D eigenvalue weighted by atomic mass is 35.5. The van der Waals surface area contributed by atoms with E-state index in [0.717, 1.165) is 44.2 Å². The maximum absolute atomic E-state index is 14.2. The van der Waals surface area contributed by atoms with E-state index in [4.69, 9.17) is 11.6 Å². The summed E-state index contributed by atoms with van der Waals surface area (Å²) in [5.74, 6) is -8.14. The molecule has 1 aromatic heterocycles. The fourth-order valence-electron chi connectivity index (χ4n) is 7.51. The molecule has 21 nitrogen and oxygen atoms in total. The van der Waals surface area contributed by atoms with Crippen LogP contribution in [0.15, 0.2) is 76.9 Å². The number of Topliss-reactive ketones (excluding diaryl/α,β-unsaturated/α-hetero) is 1. The number of nitrogens with one attached hydrogen (secondary N) is 7. The molecular weight excluding hydrogens is 970 g/mol. The van der Waals surface area contributed by atoms with Gasteiger partial charge in [-0.2, -0.15) is 0 Å². The molecular formula is C46H60ClN9O12S2. The van der Waals surface area contributed by atoms with Crippen LogP contribution in [0.3, 0.4) is 0 Å². The molecule has 4 rings (SSSR count). The van der Waals surface area contributed by atoms with Gasteiger partial charge in [0.05, 0.1) is 28.6 Å². The lowest BCUT2D eigenvalue weighted by Gasteiger charge is -2.31. The lowest BCUT2D eigenvalue weighted by molar-refractivity contribution is -0.141. The smallest absolute Gasteiger partial charge is 0.290 e. The lowest BCUT2D eigenvalue weighted by Crippen LogP contribution is -2.60. The first-order valence-electron chi connectivity index (χ1n) is 22.8. The summed E-state index contributed by atoms with van der Waals surface area (Å²) in [5, 5.41) is 12.4. The Morgan fingerprint density at radius 1 is 0.700 bits per heavy atom. The molecule has 1 saturated carbocycles. The second-order valence-corrected chi connectivity index (χ2v) is 21.2. The maximum Gasteiger partial charge on any atom is 0.290 e. The Labute approximate surface area is 412 Å². The lowest BCUT2D eigenvalue weighted by atomic mass is 9.84. The zero-order valence-corrected chi connectivity index (χ0v) is 41.8. The van der Waals surface area contributed by atoms with E-state index < -0.39 is 114 Å². The molecule has 380 valence electrons. The van der Waals surface area contributed by atoms with E-state index in [2.05, 4.69) is 31.2 Å². The number of benzene rings is 2. The van der Waals surface area contributed by atoms with Gasteiger partial charge in [-0.05, 0) is 67.3 Å². The van der Waals surface area contributed by atoms with Gasteiger partial charge >= 0.3 is 0 Å². The highest BCUT2D eigenvalue weighted by Gasteiger charge is 2.36. The first-order valence-corrected chi connectivity index (χ1v) is 26.2. The van der Waals surface area contributed by atoms with Crippen molar-refractivity contribution in [3.05, 3.63) is 83.4 Å². The average Bonchev–Trinajstić information content (AvgIpc) is 3.33. The SMILES string of the molecule is CC[C@H](NC(=O)[C@H](CC1CCCCC1)NC(=O)C(NC(=O)[C@H](CC(C)C)NC(=O)c1cnccn1)[C@@H](C)CC)C(=O)C(=O)NCC(=O)NS(=O)(=O)c1cc(Cl)cc(S(=O)(=O)NC(=O)c2ccccc2)c1. The van der Waals surface area contributed by atoms with Crippen LogP contribution in [0, 0.1) is 17.8 Å². The Morgan fingerprint density at radius 3 is 1.90 bits per heavy atom. The molecule has 3 aromatic rings. The summed E-state index contributed by atoms with van der Waals surface area (Å²) in [6.07, 6.45) is 9.05. The summed E-state index contributed by atoms with van der Waals surface area (Å²) in [6, 6.07) is 4.79. The van der Waals surface area contributed by atoms with Crippen molar-refractivity contribution < 1.29 is 55.2 Å². The van der Waals surface area contributed by atoms with Crippen LogP contribution in [0.4, 0.5) is 0 Å². The Bertz CT molecular complexity index is 2600. The van der Waals surface area contributed by atoms with Crippen LogP contribution >= 0.6 is 11.6 Å². The molecule has 0 aliphatic heterocycles. The normalized spacial score (nSPS) is 15.2. The van der Waals surface area contributed by atoms with Gasteiger partial charge in [0, 0.05) is 23.0 Å². The van der Waals surface area contributed by atoms with Crippen molar-refractivity contribution in [2.75, 3.05) is 6.54 Å². The summed E-state index contributed by atoms with van der Waals surface area (Å²) in [5.41, 5.74) is -0.0118. The third-order valence-electron chi connectivity index (χ3n) is 11.5. The van der Waals surface area contributed by atoms with Crippen LogP contribution in [0.1, 0.15) is 113 Å². The van der Waals surface area contributed by atoms with E-state index in [9.17, 15) is 55.2 Å². The molecule has 5 atom stereocenters. The Balaban J connectivity index is 1.43. The van der Waals surface area contributed by atoms with Crippen molar-refractivity contribution in [1.29, 1.82) is 0 Å². The number of ketones is 1. The largest absolute Gasteiger partial charge is 0.344 e.